The fourth-order valence-corrected chi connectivity index (χ4v) is 3.59. The average Bonchev–Trinajstić information content (AvgIpc) is 3.43. The van der Waals surface area contributed by atoms with Crippen LogP contribution in [0.15, 0.2) is 79.1 Å². The van der Waals surface area contributed by atoms with E-state index in [0.29, 0.717) is 12.2 Å². The first-order valence-corrected chi connectivity index (χ1v) is 10.2. The van der Waals surface area contributed by atoms with Gasteiger partial charge in [-0.3, -0.25) is 14.6 Å². The van der Waals surface area contributed by atoms with Gasteiger partial charge in [0.25, 0.3) is 0 Å². The monoisotopic (exact) mass is 406 g/mol. The van der Waals surface area contributed by atoms with Gasteiger partial charge in [-0.05, 0) is 31.5 Å². The molecule has 3 aromatic heterocycles. The van der Waals surface area contributed by atoms with Gasteiger partial charge in [0.15, 0.2) is 5.82 Å². The van der Waals surface area contributed by atoms with Gasteiger partial charge in [0.05, 0.1) is 24.0 Å². The number of aryl methyl sites for hydroxylation is 2. The lowest BCUT2D eigenvalue weighted by Gasteiger charge is -2.09. The summed E-state index contributed by atoms with van der Waals surface area (Å²) in [6, 6.07) is 22.3. The Kier molecular flexibility index (Phi) is 4.88. The molecule has 0 amide bonds. The van der Waals surface area contributed by atoms with Gasteiger partial charge in [0, 0.05) is 23.0 Å². The van der Waals surface area contributed by atoms with Crippen LogP contribution >= 0.6 is 0 Å². The third kappa shape index (κ3) is 3.88. The van der Waals surface area contributed by atoms with E-state index in [4.69, 9.17) is 4.98 Å². The minimum absolute atomic E-state index is 0.561. The number of H-pyrrole nitrogens is 1. The van der Waals surface area contributed by atoms with E-state index in [9.17, 15) is 0 Å². The van der Waals surface area contributed by atoms with Crippen molar-refractivity contribution >= 4 is 0 Å². The standard InChI is InChI=1S/C25H22N6/c1-17-8-6-7-11-22(17)25-27-20(16-31(25)21-13-12-18(2)26-15-21)14-23-28-24(30-29-23)19-9-4-3-5-10-19/h3-13,15-16H,14H2,1-2H3,(H,28,29,30). The van der Waals surface area contributed by atoms with E-state index in [2.05, 4.69) is 56.1 Å². The Morgan fingerprint density at radius 2 is 1.68 bits per heavy atom. The summed E-state index contributed by atoms with van der Waals surface area (Å²) < 4.78 is 2.10. The predicted octanol–water partition coefficient (Wildman–Crippen LogP) is 4.93. The Hall–Kier alpha value is -4.06. The summed E-state index contributed by atoms with van der Waals surface area (Å²) in [5.74, 6) is 2.36. The molecule has 0 bridgehead atoms. The molecular weight excluding hydrogens is 384 g/mol. The van der Waals surface area contributed by atoms with Gasteiger partial charge in [0.1, 0.15) is 11.6 Å². The number of imidazole rings is 1. The number of aromatic amines is 1. The molecule has 5 rings (SSSR count). The maximum absolute atomic E-state index is 4.96. The summed E-state index contributed by atoms with van der Waals surface area (Å²) in [6.45, 7) is 4.09. The highest BCUT2D eigenvalue weighted by Crippen LogP contribution is 2.26. The smallest absolute Gasteiger partial charge is 0.181 e. The van der Waals surface area contributed by atoms with Crippen LogP contribution in [0.3, 0.4) is 0 Å². The molecule has 0 fully saturated rings. The minimum atomic E-state index is 0.561. The molecule has 0 atom stereocenters. The summed E-state index contributed by atoms with van der Waals surface area (Å²) in [6.07, 6.45) is 4.49. The van der Waals surface area contributed by atoms with Gasteiger partial charge in [-0.1, -0.05) is 54.6 Å². The van der Waals surface area contributed by atoms with E-state index < -0.39 is 0 Å². The van der Waals surface area contributed by atoms with Gasteiger partial charge in [0.2, 0.25) is 0 Å². The zero-order valence-corrected chi connectivity index (χ0v) is 17.4. The average molecular weight is 406 g/mol. The minimum Gasteiger partial charge on any atom is -0.298 e. The van der Waals surface area contributed by atoms with E-state index in [1.807, 2.05) is 61.7 Å². The second-order valence-corrected chi connectivity index (χ2v) is 7.55. The van der Waals surface area contributed by atoms with Crippen LogP contribution in [0.2, 0.25) is 0 Å². The Balaban J connectivity index is 1.53. The van der Waals surface area contributed by atoms with Crippen molar-refractivity contribution in [1.29, 1.82) is 0 Å². The normalized spacial score (nSPS) is 11.0. The predicted molar refractivity (Wildman–Crippen MR) is 121 cm³/mol. The summed E-state index contributed by atoms with van der Waals surface area (Å²) in [7, 11) is 0. The second-order valence-electron chi connectivity index (χ2n) is 7.55. The van der Waals surface area contributed by atoms with Crippen LogP contribution in [0.4, 0.5) is 0 Å². The number of benzene rings is 2. The molecule has 2 aromatic carbocycles. The Labute approximate surface area is 180 Å². The SMILES string of the molecule is Cc1ccc(-n2cc(Cc3nc(-c4ccccc4)n[nH]3)nc2-c2ccccc2C)cn1. The molecule has 5 aromatic rings. The van der Waals surface area contributed by atoms with Crippen molar-refractivity contribution in [3.63, 3.8) is 0 Å². The quantitative estimate of drug-likeness (QED) is 0.449. The van der Waals surface area contributed by atoms with Gasteiger partial charge in [-0.25, -0.2) is 9.97 Å². The van der Waals surface area contributed by atoms with Crippen molar-refractivity contribution < 1.29 is 0 Å². The second kappa shape index (κ2) is 7.99. The van der Waals surface area contributed by atoms with Crippen LogP contribution in [-0.4, -0.2) is 29.7 Å². The van der Waals surface area contributed by atoms with Crippen LogP contribution in [0.25, 0.3) is 28.5 Å². The van der Waals surface area contributed by atoms with E-state index >= 15 is 0 Å². The molecule has 0 spiro atoms. The van der Waals surface area contributed by atoms with Crippen LogP contribution in [0, 0.1) is 13.8 Å². The molecule has 0 aliphatic heterocycles. The highest BCUT2D eigenvalue weighted by atomic mass is 15.2. The molecular formula is C25H22N6. The summed E-state index contributed by atoms with van der Waals surface area (Å²) >= 11 is 0. The molecule has 31 heavy (non-hydrogen) atoms. The lowest BCUT2D eigenvalue weighted by atomic mass is 10.1. The molecule has 0 saturated carbocycles. The maximum Gasteiger partial charge on any atom is 0.181 e. The molecule has 152 valence electrons. The maximum atomic E-state index is 4.96. The molecule has 3 heterocycles. The molecule has 0 saturated heterocycles. The number of hydrogen-bond acceptors (Lipinski definition) is 4. The Bertz CT molecular complexity index is 1320. The van der Waals surface area contributed by atoms with Crippen LogP contribution in [0.5, 0.6) is 0 Å². The fourth-order valence-electron chi connectivity index (χ4n) is 3.59. The van der Waals surface area contributed by atoms with Crippen molar-refractivity contribution in [2.75, 3.05) is 0 Å². The lowest BCUT2D eigenvalue weighted by molar-refractivity contribution is 0.950. The van der Waals surface area contributed by atoms with Gasteiger partial charge in [-0.15, -0.1) is 0 Å². The van der Waals surface area contributed by atoms with Gasteiger partial charge in [-0.2, -0.15) is 5.10 Å². The van der Waals surface area contributed by atoms with E-state index in [-0.39, 0.29) is 0 Å². The first-order valence-electron chi connectivity index (χ1n) is 10.2. The lowest BCUT2D eigenvalue weighted by Crippen LogP contribution is -1.98. The summed E-state index contributed by atoms with van der Waals surface area (Å²) in [5, 5.41) is 7.43. The molecule has 1 N–H and O–H groups in total. The third-order valence-corrected chi connectivity index (χ3v) is 5.23. The Morgan fingerprint density at radius 3 is 2.45 bits per heavy atom. The first kappa shape index (κ1) is 18.9. The Morgan fingerprint density at radius 1 is 0.871 bits per heavy atom. The highest BCUT2D eigenvalue weighted by molar-refractivity contribution is 5.63. The number of aromatic nitrogens is 6. The van der Waals surface area contributed by atoms with Crippen LogP contribution in [0.1, 0.15) is 22.8 Å². The molecule has 6 heteroatoms. The molecule has 0 radical (unpaired) electrons. The molecule has 0 unspecified atom stereocenters. The number of nitrogens with one attached hydrogen (secondary N) is 1. The van der Waals surface area contributed by atoms with Crippen molar-refractivity contribution in [2.45, 2.75) is 20.3 Å². The molecule has 0 aliphatic carbocycles. The number of pyridine rings is 1. The molecule has 6 nitrogen and oxygen atoms in total. The van der Waals surface area contributed by atoms with E-state index in [1.165, 1.54) is 5.56 Å². The van der Waals surface area contributed by atoms with Gasteiger partial charge < -0.3 is 0 Å². The van der Waals surface area contributed by atoms with Gasteiger partial charge >= 0.3 is 0 Å². The fraction of sp³-hybridized carbons (Fsp3) is 0.120. The first-order chi connectivity index (χ1) is 15.2. The van der Waals surface area contributed by atoms with Crippen molar-refractivity contribution in [2.24, 2.45) is 0 Å². The third-order valence-electron chi connectivity index (χ3n) is 5.23. The van der Waals surface area contributed by atoms with Crippen molar-refractivity contribution in [3.05, 3.63) is 102 Å². The number of rotatable bonds is 5. The van der Waals surface area contributed by atoms with Crippen molar-refractivity contribution in [1.82, 2.24) is 29.7 Å². The topological polar surface area (TPSA) is 72.3 Å². The van der Waals surface area contributed by atoms with Crippen LogP contribution < -0.4 is 0 Å². The largest absolute Gasteiger partial charge is 0.298 e. The van der Waals surface area contributed by atoms with Crippen molar-refractivity contribution in [3.8, 4) is 28.5 Å². The van der Waals surface area contributed by atoms with E-state index in [0.717, 1.165) is 39.9 Å². The number of nitrogens with zero attached hydrogens (tertiary/aromatic N) is 5. The molecule has 0 aliphatic rings. The van der Waals surface area contributed by atoms with Crippen LogP contribution in [-0.2, 0) is 6.42 Å². The number of hydrogen-bond donors (Lipinski definition) is 1. The zero-order valence-electron chi connectivity index (χ0n) is 17.4. The summed E-state index contributed by atoms with van der Waals surface area (Å²) in [5.41, 5.74) is 6.13. The zero-order chi connectivity index (χ0) is 21.2. The van der Waals surface area contributed by atoms with E-state index in [1.54, 1.807) is 0 Å². The highest BCUT2D eigenvalue weighted by Gasteiger charge is 2.15. The summed E-state index contributed by atoms with van der Waals surface area (Å²) in [4.78, 5) is 14.1.